The SMILES string of the molecule is CC(C)CCC[C@@H](C)C1CCC2C3=CC[C@H]4C(C)C(=O)CCC4(C)C3CC[C@@]21C. The van der Waals surface area contributed by atoms with E-state index in [1.807, 2.05) is 5.57 Å². The third kappa shape index (κ3) is 3.47. The fourth-order valence-electron chi connectivity index (χ4n) is 8.78. The molecule has 0 bridgehead atoms. The van der Waals surface area contributed by atoms with Crippen molar-refractivity contribution in [3.05, 3.63) is 11.6 Å². The summed E-state index contributed by atoms with van der Waals surface area (Å²) in [4.78, 5) is 12.4. The van der Waals surface area contributed by atoms with Gasteiger partial charge in [-0.25, -0.2) is 0 Å². The molecule has 0 N–H and O–H groups in total. The lowest BCUT2D eigenvalue weighted by Crippen LogP contribution is -2.51. The molecule has 164 valence electrons. The van der Waals surface area contributed by atoms with Crippen LogP contribution < -0.4 is 0 Å². The molecule has 4 rings (SSSR count). The van der Waals surface area contributed by atoms with E-state index in [1.165, 1.54) is 44.9 Å². The fourth-order valence-corrected chi connectivity index (χ4v) is 8.78. The summed E-state index contributed by atoms with van der Waals surface area (Å²) in [5.41, 5.74) is 2.74. The van der Waals surface area contributed by atoms with Gasteiger partial charge >= 0.3 is 0 Å². The number of rotatable bonds is 5. The first-order valence-electron chi connectivity index (χ1n) is 12.9. The third-order valence-electron chi connectivity index (χ3n) is 10.6. The molecule has 8 atom stereocenters. The molecule has 0 heterocycles. The molecule has 1 heteroatoms. The minimum atomic E-state index is 0.275. The number of hydrogen-bond acceptors (Lipinski definition) is 1. The lowest BCUT2D eigenvalue weighted by atomic mass is 9.46. The normalized spacial score (nSPS) is 45.4. The van der Waals surface area contributed by atoms with Crippen molar-refractivity contribution in [2.75, 3.05) is 0 Å². The van der Waals surface area contributed by atoms with Crippen LogP contribution in [0, 0.1) is 52.3 Å². The highest BCUT2D eigenvalue weighted by Crippen LogP contribution is 2.67. The molecular formula is C28H46O. The van der Waals surface area contributed by atoms with E-state index >= 15 is 0 Å². The standard InChI is InChI=1S/C28H46O/c1-18(2)8-7-9-19(3)22-12-13-24-21-10-11-23-20(4)26(29)15-17-28(23,6)25(21)14-16-27(22,24)5/h10,18-20,22-25H,7-9,11-17H2,1-6H3/t19-,20?,22?,23+,24?,25?,27-,28?/m1/s1. The molecular weight excluding hydrogens is 352 g/mol. The molecule has 29 heavy (non-hydrogen) atoms. The number of carbonyl (C=O) groups excluding carboxylic acids is 1. The van der Waals surface area contributed by atoms with Gasteiger partial charge in [0.15, 0.2) is 0 Å². The Balaban J connectivity index is 1.53. The van der Waals surface area contributed by atoms with Gasteiger partial charge in [0.2, 0.25) is 0 Å². The molecule has 0 spiro atoms. The van der Waals surface area contributed by atoms with Crippen LogP contribution in [0.5, 0.6) is 0 Å². The van der Waals surface area contributed by atoms with E-state index in [9.17, 15) is 4.79 Å². The van der Waals surface area contributed by atoms with Gasteiger partial charge in [-0.15, -0.1) is 0 Å². The van der Waals surface area contributed by atoms with Gasteiger partial charge in [-0.05, 0) is 84.9 Å². The fraction of sp³-hybridized carbons (Fsp3) is 0.893. The minimum Gasteiger partial charge on any atom is -0.299 e. The van der Waals surface area contributed by atoms with E-state index in [1.54, 1.807) is 0 Å². The molecule has 4 aliphatic rings. The molecule has 3 fully saturated rings. The maximum absolute atomic E-state index is 12.4. The van der Waals surface area contributed by atoms with Gasteiger partial charge in [-0.2, -0.15) is 0 Å². The van der Waals surface area contributed by atoms with Crippen LogP contribution in [0.2, 0.25) is 0 Å². The van der Waals surface area contributed by atoms with Gasteiger partial charge in [-0.3, -0.25) is 4.79 Å². The average Bonchev–Trinajstić information content (AvgIpc) is 3.02. The summed E-state index contributed by atoms with van der Waals surface area (Å²) >= 11 is 0. The second-order valence-electron chi connectivity index (χ2n) is 12.4. The number of Topliss-reactive ketones (excluding diaryl/α,β-unsaturated/α-hetero) is 1. The first kappa shape index (κ1) is 21.6. The Bertz CT molecular complexity index is 659. The predicted molar refractivity (Wildman–Crippen MR) is 123 cm³/mol. The van der Waals surface area contributed by atoms with Crippen molar-refractivity contribution in [1.82, 2.24) is 0 Å². The third-order valence-corrected chi connectivity index (χ3v) is 10.6. The molecule has 0 aromatic rings. The van der Waals surface area contributed by atoms with Crippen LogP contribution >= 0.6 is 0 Å². The van der Waals surface area contributed by atoms with Crippen LogP contribution in [0.4, 0.5) is 0 Å². The monoisotopic (exact) mass is 398 g/mol. The Morgan fingerprint density at radius 1 is 1.00 bits per heavy atom. The van der Waals surface area contributed by atoms with Crippen molar-refractivity contribution in [2.45, 2.75) is 106 Å². The van der Waals surface area contributed by atoms with Crippen molar-refractivity contribution in [3.63, 3.8) is 0 Å². The second-order valence-corrected chi connectivity index (χ2v) is 12.4. The Morgan fingerprint density at radius 3 is 2.45 bits per heavy atom. The molecule has 0 radical (unpaired) electrons. The molecule has 4 aliphatic carbocycles. The van der Waals surface area contributed by atoms with Gasteiger partial charge in [0.1, 0.15) is 5.78 Å². The van der Waals surface area contributed by atoms with Gasteiger partial charge in [0.05, 0.1) is 0 Å². The number of carbonyl (C=O) groups is 1. The summed E-state index contributed by atoms with van der Waals surface area (Å²) in [6, 6.07) is 0. The molecule has 5 unspecified atom stereocenters. The van der Waals surface area contributed by atoms with Crippen LogP contribution in [-0.4, -0.2) is 5.78 Å². The largest absolute Gasteiger partial charge is 0.299 e. The van der Waals surface area contributed by atoms with Gasteiger partial charge in [0.25, 0.3) is 0 Å². The zero-order chi connectivity index (χ0) is 21.0. The van der Waals surface area contributed by atoms with Gasteiger partial charge in [0, 0.05) is 12.3 Å². The van der Waals surface area contributed by atoms with E-state index in [4.69, 9.17) is 0 Å². The lowest BCUT2D eigenvalue weighted by molar-refractivity contribution is -0.134. The zero-order valence-corrected chi connectivity index (χ0v) is 20.1. The van der Waals surface area contributed by atoms with E-state index < -0.39 is 0 Å². The topological polar surface area (TPSA) is 17.1 Å². The highest BCUT2D eigenvalue weighted by molar-refractivity contribution is 5.82. The van der Waals surface area contributed by atoms with Crippen LogP contribution in [0.1, 0.15) is 106 Å². The van der Waals surface area contributed by atoms with Crippen molar-refractivity contribution in [1.29, 1.82) is 0 Å². The Kier molecular flexibility index (Phi) is 5.84. The number of hydrogen-bond donors (Lipinski definition) is 0. The number of ketones is 1. The van der Waals surface area contributed by atoms with E-state index in [0.717, 1.165) is 48.9 Å². The van der Waals surface area contributed by atoms with Gasteiger partial charge < -0.3 is 0 Å². The van der Waals surface area contributed by atoms with Crippen LogP contribution in [0.3, 0.4) is 0 Å². The van der Waals surface area contributed by atoms with E-state index in [2.05, 4.69) is 47.6 Å². The summed E-state index contributed by atoms with van der Waals surface area (Å²) < 4.78 is 0. The molecule has 0 aliphatic heterocycles. The molecule has 0 aromatic heterocycles. The Labute approximate surface area is 180 Å². The van der Waals surface area contributed by atoms with Crippen molar-refractivity contribution in [3.8, 4) is 0 Å². The van der Waals surface area contributed by atoms with E-state index in [-0.39, 0.29) is 5.92 Å². The molecule has 0 amide bonds. The number of allylic oxidation sites excluding steroid dienone is 2. The van der Waals surface area contributed by atoms with Crippen molar-refractivity contribution in [2.24, 2.45) is 52.3 Å². The van der Waals surface area contributed by atoms with Crippen LogP contribution in [-0.2, 0) is 4.79 Å². The number of fused-ring (bicyclic) bond motifs is 5. The summed E-state index contributed by atoms with van der Waals surface area (Å²) in [5, 5.41) is 0. The maximum Gasteiger partial charge on any atom is 0.136 e. The predicted octanol–water partition coefficient (Wildman–Crippen LogP) is 7.84. The summed E-state index contributed by atoms with van der Waals surface area (Å²) in [6.45, 7) is 14.7. The quantitative estimate of drug-likeness (QED) is 0.431. The Morgan fingerprint density at radius 2 is 1.72 bits per heavy atom. The molecule has 0 aromatic carbocycles. The van der Waals surface area contributed by atoms with Crippen molar-refractivity contribution >= 4 is 5.78 Å². The highest BCUT2D eigenvalue weighted by atomic mass is 16.1. The average molecular weight is 399 g/mol. The van der Waals surface area contributed by atoms with Crippen molar-refractivity contribution < 1.29 is 4.79 Å². The summed E-state index contributed by atoms with van der Waals surface area (Å²) in [7, 11) is 0. The zero-order valence-electron chi connectivity index (χ0n) is 20.1. The minimum absolute atomic E-state index is 0.275. The second kappa shape index (κ2) is 7.83. The lowest BCUT2D eigenvalue weighted by Gasteiger charge is -2.58. The first-order valence-corrected chi connectivity index (χ1v) is 12.9. The smallest absolute Gasteiger partial charge is 0.136 e. The maximum atomic E-state index is 12.4. The molecule has 1 nitrogen and oxygen atoms in total. The van der Waals surface area contributed by atoms with Gasteiger partial charge in [-0.1, -0.05) is 72.5 Å². The summed E-state index contributed by atoms with van der Waals surface area (Å²) in [5.74, 6) is 5.61. The highest BCUT2D eigenvalue weighted by Gasteiger charge is 2.59. The Hall–Kier alpha value is -0.590. The molecule has 0 saturated heterocycles. The van der Waals surface area contributed by atoms with E-state index in [0.29, 0.717) is 22.5 Å². The van der Waals surface area contributed by atoms with Crippen LogP contribution in [0.25, 0.3) is 0 Å². The molecule has 3 saturated carbocycles. The summed E-state index contributed by atoms with van der Waals surface area (Å²) in [6.07, 6.45) is 15.7. The van der Waals surface area contributed by atoms with Crippen LogP contribution in [0.15, 0.2) is 11.6 Å². The first-order chi connectivity index (χ1) is 13.7.